The van der Waals surface area contributed by atoms with Gasteiger partial charge in [0.25, 0.3) is 6.01 Å². The number of nitrogens with two attached hydrogens (primary N) is 1. The fourth-order valence-corrected chi connectivity index (χ4v) is 2.14. The number of oxazole rings is 1. The molecule has 5 nitrogen and oxygen atoms in total. The molecule has 0 aromatic carbocycles. The van der Waals surface area contributed by atoms with E-state index in [0.717, 1.165) is 25.7 Å². The van der Waals surface area contributed by atoms with Crippen LogP contribution in [-0.2, 0) is 0 Å². The Hall–Kier alpha value is -1.52. The van der Waals surface area contributed by atoms with Crippen molar-refractivity contribution in [3.05, 3.63) is 11.5 Å². The van der Waals surface area contributed by atoms with Crippen molar-refractivity contribution < 1.29 is 14.3 Å². The first-order chi connectivity index (χ1) is 7.18. The zero-order chi connectivity index (χ0) is 10.8. The lowest BCUT2D eigenvalue weighted by atomic mass is 9.87. The summed E-state index contributed by atoms with van der Waals surface area (Å²) in [7, 11) is 0. The van der Waals surface area contributed by atoms with E-state index in [1.807, 2.05) is 0 Å². The first kappa shape index (κ1) is 10.0. The second-order valence-corrected chi connectivity index (χ2v) is 3.91. The van der Waals surface area contributed by atoms with Crippen LogP contribution in [0.3, 0.4) is 0 Å². The van der Waals surface area contributed by atoms with E-state index < -0.39 is 5.97 Å². The summed E-state index contributed by atoms with van der Waals surface area (Å²) in [6, 6.07) is -0.0482. The Bertz CT molecular complexity index is 367. The topological polar surface area (TPSA) is 89.3 Å². The second kappa shape index (κ2) is 3.92. The van der Waals surface area contributed by atoms with Crippen molar-refractivity contribution in [3.63, 3.8) is 0 Å². The molecule has 5 heteroatoms. The molecule has 0 saturated heterocycles. The Morgan fingerprint density at radius 1 is 1.40 bits per heavy atom. The van der Waals surface area contributed by atoms with E-state index in [2.05, 4.69) is 4.98 Å². The molecular weight excluding hydrogens is 196 g/mol. The van der Waals surface area contributed by atoms with Crippen molar-refractivity contribution in [2.24, 2.45) is 0 Å². The summed E-state index contributed by atoms with van der Waals surface area (Å²) in [6.07, 6.45) is 5.38. The number of aromatic nitrogens is 1. The third-order valence-corrected chi connectivity index (χ3v) is 2.85. The monoisotopic (exact) mass is 210 g/mol. The molecule has 1 heterocycles. The molecule has 0 amide bonds. The minimum Gasteiger partial charge on any atom is -0.476 e. The van der Waals surface area contributed by atoms with Gasteiger partial charge < -0.3 is 15.3 Å². The Kier molecular flexibility index (Phi) is 2.62. The molecule has 0 aliphatic heterocycles. The van der Waals surface area contributed by atoms with E-state index >= 15 is 0 Å². The largest absolute Gasteiger partial charge is 0.476 e. The summed E-state index contributed by atoms with van der Waals surface area (Å²) in [5.41, 5.74) is 5.37. The summed E-state index contributed by atoms with van der Waals surface area (Å²) in [4.78, 5) is 14.6. The molecule has 3 N–H and O–H groups in total. The molecular formula is C10H14N2O3. The lowest BCUT2D eigenvalue weighted by molar-refractivity contribution is 0.0687. The number of carbonyl (C=O) groups is 1. The van der Waals surface area contributed by atoms with Crippen LogP contribution >= 0.6 is 0 Å². The quantitative estimate of drug-likeness (QED) is 0.779. The van der Waals surface area contributed by atoms with Gasteiger partial charge in [-0.1, -0.05) is 19.3 Å². The third-order valence-electron chi connectivity index (χ3n) is 2.85. The van der Waals surface area contributed by atoms with Crippen LogP contribution in [0.5, 0.6) is 0 Å². The Balaban J connectivity index is 2.28. The highest BCUT2D eigenvalue weighted by Crippen LogP contribution is 2.35. The van der Waals surface area contributed by atoms with Crippen molar-refractivity contribution in [1.29, 1.82) is 0 Å². The number of hydrogen-bond acceptors (Lipinski definition) is 4. The average molecular weight is 210 g/mol. The van der Waals surface area contributed by atoms with Crippen molar-refractivity contribution in [2.45, 2.75) is 38.0 Å². The lowest BCUT2D eigenvalue weighted by Gasteiger charge is -2.19. The summed E-state index contributed by atoms with van der Waals surface area (Å²) >= 11 is 0. The first-order valence-corrected chi connectivity index (χ1v) is 5.18. The molecule has 1 aliphatic carbocycles. The summed E-state index contributed by atoms with van der Waals surface area (Å²) in [5.74, 6) is -0.426. The molecule has 1 saturated carbocycles. The lowest BCUT2D eigenvalue weighted by Crippen LogP contribution is -2.09. The van der Waals surface area contributed by atoms with Crippen LogP contribution in [-0.4, -0.2) is 16.1 Å². The number of carboxylic acid groups (broad SMARTS) is 1. The molecule has 1 fully saturated rings. The van der Waals surface area contributed by atoms with Gasteiger partial charge in [-0.25, -0.2) is 4.79 Å². The van der Waals surface area contributed by atoms with Gasteiger partial charge in [-0.15, -0.1) is 0 Å². The first-order valence-electron chi connectivity index (χ1n) is 5.18. The predicted molar refractivity (Wildman–Crippen MR) is 53.7 cm³/mol. The Morgan fingerprint density at radius 3 is 2.67 bits per heavy atom. The number of nitrogens with zero attached hydrogens (tertiary/aromatic N) is 1. The fourth-order valence-electron chi connectivity index (χ4n) is 2.14. The van der Waals surface area contributed by atoms with Gasteiger partial charge >= 0.3 is 5.97 Å². The van der Waals surface area contributed by atoms with Gasteiger partial charge in [0.15, 0.2) is 5.69 Å². The smallest absolute Gasteiger partial charge is 0.358 e. The standard InChI is InChI=1S/C10H14N2O3/c11-10-12-7(9(13)14)8(15-10)6-4-2-1-3-5-6/h6H,1-5H2,(H2,11,12)(H,13,14). The van der Waals surface area contributed by atoms with Gasteiger partial charge in [0.05, 0.1) is 0 Å². The van der Waals surface area contributed by atoms with Gasteiger partial charge in [-0.2, -0.15) is 4.98 Å². The van der Waals surface area contributed by atoms with Gasteiger partial charge in [0.1, 0.15) is 5.76 Å². The molecule has 0 bridgehead atoms. The third kappa shape index (κ3) is 1.95. The van der Waals surface area contributed by atoms with E-state index in [-0.39, 0.29) is 17.6 Å². The average Bonchev–Trinajstić information content (AvgIpc) is 2.62. The van der Waals surface area contributed by atoms with E-state index in [9.17, 15) is 4.79 Å². The maximum Gasteiger partial charge on any atom is 0.358 e. The van der Waals surface area contributed by atoms with Crippen LogP contribution in [0.4, 0.5) is 6.01 Å². The Labute approximate surface area is 87.3 Å². The van der Waals surface area contributed by atoms with E-state index in [1.165, 1.54) is 6.42 Å². The van der Waals surface area contributed by atoms with Crippen LogP contribution in [0.15, 0.2) is 4.42 Å². The van der Waals surface area contributed by atoms with Crippen LogP contribution in [0.1, 0.15) is 54.3 Å². The molecule has 0 unspecified atom stereocenters. The number of aromatic carboxylic acids is 1. The molecule has 0 radical (unpaired) electrons. The normalized spacial score (nSPS) is 17.9. The number of nitrogen functional groups attached to an aromatic ring is 1. The molecule has 2 rings (SSSR count). The van der Waals surface area contributed by atoms with Gasteiger partial charge in [0, 0.05) is 5.92 Å². The molecule has 0 atom stereocenters. The fraction of sp³-hybridized carbons (Fsp3) is 0.600. The van der Waals surface area contributed by atoms with Crippen LogP contribution in [0.25, 0.3) is 0 Å². The van der Waals surface area contributed by atoms with Crippen molar-refractivity contribution in [1.82, 2.24) is 4.98 Å². The highest BCUT2D eigenvalue weighted by molar-refractivity contribution is 5.87. The van der Waals surface area contributed by atoms with Crippen LogP contribution in [0.2, 0.25) is 0 Å². The maximum absolute atomic E-state index is 10.9. The predicted octanol–water partition coefficient (Wildman–Crippen LogP) is 2.00. The molecule has 1 aromatic heterocycles. The minimum atomic E-state index is -1.06. The zero-order valence-corrected chi connectivity index (χ0v) is 8.40. The molecule has 1 aliphatic rings. The second-order valence-electron chi connectivity index (χ2n) is 3.91. The molecule has 82 valence electrons. The van der Waals surface area contributed by atoms with Crippen molar-refractivity contribution in [2.75, 3.05) is 5.73 Å². The van der Waals surface area contributed by atoms with E-state index in [1.54, 1.807) is 0 Å². The van der Waals surface area contributed by atoms with Gasteiger partial charge in [-0.3, -0.25) is 0 Å². The number of hydrogen-bond donors (Lipinski definition) is 2. The summed E-state index contributed by atoms with van der Waals surface area (Å²) in [6.45, 7) is 0. The number of rotatable bonds is 2. The molecule has 15 heavy (non-hydrogen) atoms. The van der Waals surface area contributed by atoms with Crippen molar-refractivity contribution >= 4 is 12.0 Å². The number of anilines is 1. The van der Waals surface area contributed by atoms with Gasteiger partial charge in [-0.05, 0) is 12.8 Å². The Morgan fingerprint density at radius 2 is 2.07 bits per heavy atom. The van der Waals surface area contributed by atoms with Crippen molar-refractivity contribution in [3.8, 4) is 0 Å². The highest BCUT2D eigenvalue weighted by atomic mass is 16.4. The van der Waals surface area contributed by atoms with Crippen LogP contribution < -0.4 is 5.73 Å². The van der Waals surface area contributed by atoms with E-state index in [0.29, 0.717) is 5.76 Å². The maximum atomic E-state index is 10.9. The van der Waals surface area contributed by atoms with Gasteiger partial charge in [0.2, 0.25) is 0 Å². The van der Waals surface area contributed by atoms with Crippen LogP contribution in [0, 0.1) is 0 Å². The highest BCUT2D eigenvalue weighted by Gasteiger charge is 2.27. The zero-order valence-electron chi connectivity index (χ0n) is 8.40. The summed E-state index contributed by atoms with van der Waals surface area (Å²) in [5, 5.41) is 8.93. The van der Waals surface area contributed by atoms with E-state index in [4.69, 9.17) is 15.3 Å². The molecule has 1 aromatic rings. The SMILES string of the molecule is Nc1nc(C(=O)O)c(C2CCCCC2)o1. The summed E-state index contributed by atoms with van der Waals surface area (Å²) < 4.78 is 5.20. The molecule has 0 spiro atoms. The number of carboxylic acids is 1. The minimum absolute atomic E-state index is 0.0144.